The van der Waals surface area contributed by atoms with Crippen molar-refractivity contribution in [2.24, 2.45) is 16.7 Å². The SMILES string of the molecule is COC(=O)C(C)=CC1C(C)(C)C1(Cc1cccc(Oc2ccccc2)c1)C(=O)O. The molecular formula is C24H26O5. The molecule has 0 saturated heterocycles. The molecule has 0 aliphatic heterocycles. The second-order valence-electron chi connectivity index (χ2n) is 8.06. The topological polar surface area (TPSA) is 72.8 Å². The van der Waals surface area contributed by atoms with Gasteiger partial charge in [0.1, 0.15) is 11.5 Å². The van der Waals surface area contributed by atoms with Gasteiger partial charge < -0.3 is 14.6 Å². The number of rotatable bonds is 7. The van der Waals surface area contributed by atoms with Crippen LogP contribution < -0.4 is 4.74 Å². The zero-order valence-electron chi connectivity index (χ0n) is 17.1. The van der Waals surface area contributed by atoms with Crippen molar-refractivity contribution in [1.82, 2.24) is 0 Å². The van der Waals surface area contributed by atoms with Crippen LogP contribution in [0.2, 0.25) is 0 Å². The minimum Gasteiger partial charge on any atom is -0.481 e. The minimum absolute atomic E-state index is 0.273. The van der Waals surface area contributed by atoms with E-state index in [4.69, 9.17) is 9.47 Å². The van der Waals surface area contributed by atoms with E-state index in [-0.39, 0.29) is 5.92 Å². The van der Waals surface area contributed by atoms with Gasteiger partial charge in [-0.3, -0.25) is 4.79 Å². The first-order valence-corrected chi connectivity index (χ1v) is 9.54. The van der Waals surface area contributed by atoms with Crippen molar-refractivity contribution >= 4 is 11.9 Å². The lowest BCUT2D eigenvalue weighted by Crippen LogP contribution is -2.24. The molecule has 0 aromatic heterocycles. The summed E-state index contributed by atoms with van der Waals surface area (Å²) in [6.07, 6.45) is 2.08. The summed E-state index contributed by atoms with van der Waals surface area (Å²) in [5.41, 5.74) is -0.187. The third-order valence-electron chi connectivity index (χ3n) is 6.04. The van der Waals surface area contributed by atoms with Crippen LogP contribution in [0.4, 0.5) is 0 Å². The fourth-order valence-electron chi connectivity index (χ4n) is 4.21. The highest BCUT2D eigenvalue weighted by molar-refractivity contribution is 5.89. The van der Waals surface area contributed by atoms with E-state index in [0.717, 1.165) is 11.3 Å². The summed E-state index contributed by atoms with van der Waals surface area (Å²) in [6, 6.07) is 16.9. The molecule has 1 aliphatic rings. The Kier molecular flexibility index (Phi) is 5.51. The fraction of sp³-hybridized carbons (Fsp3) is 0.333. The molecule has 0 radical (unpaired) electrons. The molecule has 0 amide bonds. The Labute approximate surface area is 171 Å². The first-order valence-electron chi connectivity index (χ1n) is 9.54. The Morgan fingerprint density at radius 1 is 1.07 bits per heavy atom. The highest BCUT2D eigenvalue weighted by Gasteiger charge is 2.74. The van der Waals surface area contributed by atoms with Crippen LogP contribution in [0, 0.1) is 16.7 Å². The van der Waals surface area contributed by atoms with Gasteiger partial charge >= 0.3 is 11.9 Å². The molecule has 2 aromatic carbocycles. The van der Waals surface area contributed by atoms with Gasteiger partial charge in [-0.2, -0.15) is 0 Å². The molecule has 5 heteroatoms. The number of hydrogen-bond acceptors (Lipinski definition) is 4. The number of carboxylic acids is 1. The first-order chi connectivity index (χ1) is 13.7. The zero-order chi connectivity index (χ0) is 21.2. The average molecular weight is 394 g/mol. The number of para-hydroxylation sites is 1. The summed E-state index contributed by atoms with van der Waals surface area (Å²) in [7, 11) is 1.32. The molecule has 1 fully saturated rings. The molecule has 0 bridgehead atoms. The molecule has 3 rings (SSSR count). The zero-order valence-corrected chi connectivity index (χ0v) is 17.1. The molecule has 5 nitrogen and oxygen atoms in total. The largest absolute Gasteiger partial charge is 0.481 e. The first kappa shape index (κ1) is 20.6. The lowest BCUT2D eigenvalue weighted by molar-refractivity contribution is -0.145. The van der Waals surface area contributed by atoms with Gasteiger partial charge in [0.25, 0.3) is 0 Å². The highest BCUT2D eigenvalue weighted by Crippen LogP contribution is 2.71. The molecule has 2 aromatic rings. The van der Waals surface area contributed by atoms with Crippen molar-refractivity contribution in [3.63, 3.8) is 0 Å². The van der Waals surface area contributed by atoms with Crippen molar-refractivity contribution < 1.29 is 24.2 Å². The van der Waals surface area contributed by atoms with Crippen LogP contribution in [0.1, 0.15) is 26.3 Å². The molecule has 1 aliphatic carbocycles. The van der Waals surface area contributed by atoms with E-state index in [1.54, 1.807) is 13.0 Å². The Balaban J connectivity index is 1.87. The van der Waals surface area contributed by atoms with Gasteiger partial charge in [-0.25, -0.2) is 4.79 Å². The van der Waals surface area contributed by atoms with Crippen molar-refractivity contribution in [2.75, 3.05) is 7.11 Å². The quantitative estimate of drug-likeness (QED) is 0.536. The normalized spacial score (nSPS) is 22.6. The van der Waals surface area contributed by atoms with E-state index in [9.17, 15) is 14.7 Å². The Morgan fingerprint density at radius 2 is 1.72 bits per heavy atom. The second-order valence-corrected chi connectivity index (χ2v) is 8.06. The Bertz CT molecular complexity index is 945. The van der Waals surface area contributed by atoms with Crippen LogP contribution in [0.15, 0.2) is 66.2 Å². The maximum atomic E-state index is 12.3. The van der Waals surface area contributed by atoms with Gasteiger partial charge in [0.2, 0.25) is 0 Å². The molecular weight excluding hydrogens is 368 g/mol. The fourth-order valence-corrected chi connectivity index (χ4v) is 4.21. The van der Waals surface area contributed by atoms with Gasteiger partial charge in [0.05, 0.1) is 12.5 Å². The van der Waals surface area contributed by atoms with E-state index in [1.165, 1.54) is 7.11 Å². The van der Waals surface area contributed by atoms with Gasteiger partial charge in [-0.1, -0.05) is 50.3 Å². The van der Waals surface area contributed by atoms with E-state index >= 15 is 0 Å². The monoisotopic (exact) mass is 394 g/mol. The maximum Gasteiger partial charge on any atom is 0.333 e. The third kappa shape index (κ3) is 3.77. The summed E-state index contributed by atoms with van der Waals surface area (Å²) >= 11 is 0. The number of hydrogen-bond donors (Lipinski definition) is 1. The number of aliphatic carboxylic acids is 1. The van der Waals surface area contributed by atoms with Crippen LogP contribution in [0.5, 0.6) is 11.5 Å². The van der Waals surface area contributed by atoms with Crippen molar-refractivity contribution in [3.05, 3.63) is 71.8 Å². The third-order valence-corrected chi connectivity index (χ3v) is 6.04. The average Bonchev–Trinajstić information content (AvgIpc) is 3.16. The van der Waals surface area contributed by atoms with E-state index in [0.29, 0.717) is 17.7 Å². The number of carbonyl (C=O) groups is 2. The molecule has 152 valence electrons. The highest BCUT2D eigenvalue weighted by atomic mass is 16.5. The predicted octanol–water partition coefficient (Wildman–Crippen LogP) is 4.87. The molecule has 2 unspecified atom stereocenters. The lowest BCUT2D eigenvalue weighted by atomic mass is 9.88. The van der Waals surface area contributed by atoms with Crippen LogP contribution in [-0.4, -0.2) is 24.2 Å². The molecule has 1 N–H and O–H groups in total. The Hall–Kier alpha value is -3.08. The number of benzene rings is 2. The van der Waals surface area contributed by atoms with Crippen LogP contribution >= 0.6 is 0 Å². The molecule has 1 saturated carbocycles. The summed E-state index contributed by atoms with van der Waals surface area (Å²) in [4.78, 5) is 24.1. The molecule has 0 spiro atoms. The number of allylic oxidation sites excluding steroid dienone is 1. The van der Waals surface area contributed by atoms with Gasteiger partial charge in [-0.05, 0) is 48.6 Å². The van der Waals surface area contributed by atoms with Crippen molar-refractivity contribution in [3.8, 4) is 11.5 Å². The number of methoxy groups -OCH3 is 1. The maximum absolute atomic E-state index is 12.3. The van der Waals surface area contributed by atoms with E-state index in [1.807, 2.05) is 68.4 Å². The lowest BCUT2D eigenvalue weighted by Gasteiger charge is -2.16. The van der Waals surface area contributed by atoms with Crippen molar-refractivity contribution in [2.45, 2.75) is 27.2 Å². The smallest absolute Gasteiger partial charge is 0.333 e. The standard InChI is InChI=1S/C24H26O5/c1-16(21(25)28-4)13-20-23(2,3)24(20,22(26)27)15-17-9-8-12-19(14-17)29-18-10-6-5-7-11-18/h5-14,20H,15H2,1-4H3,(H,26,27). The van der Waals surface area contributed by atoms with Gasteiger partial charge in [0, 0.05) is 11.5 Å². The number of carboxylic acid groups (broad SMARTS) is 1. The van der Waals surface area contributed by atoms with Crippen molar-refractivity contribution in [1.29, 1.82) is 0 Å². The van der Waals surface area contributed by atoms with Gasteiger partial charge in [-0.15, -0.1) is 0 Å². The van der Waals surface area contributed by atoms with Gasteiger partial charge in [0.15, 0.2) is 0 Å². The number of esters is 1. The minimum atomic E-state index is -0.992. The predicted molar refractivity (Wildman–Crippen MR) is 110 cm³/mol. The molecule has 0 heterocycles. The number of ether oxygens (including phenoxy) is 2. The van der Waals surface area contributed by atoms with Crippen LogP contribution in [0.3, 0.4) is 0 Å². The summed E-state index contributed by atoms with van der Waals surface area (Å²) in [5, 5.41) is 10.1. The van der Waals surface area contributed by atoms with E-state index in [2.05, 4.69) is 0 Å². The molecule has 29 heavy (non-hydrogen) atoms. The van der Waals surface area contributed by atoms with Crippen LogP contribution in [-0.2, 0) is 20.7 Å². The summed E-state index contributed by atoms with van der Waals surface area (Å²) < 4.78 is 10.6. The second kappa shape index (κ2) is 7.74. The van der Waals surface area contributed by atoms with E-state index < -0.39 is 22.8 Å². The summed E-state index contributed by atoms with van der Waals surface area (Å²) in [6.45, 7) is 5.51. The number of carbonyl (C=O) groups excluding carboxylic acids is 1. The summed E-state index contributed by atoms with van der Waals surface area (Å²) in [5.74, 6) is -0.198. The van der Waals surface area contributed by atoms with Crippen LogP contribution in [0.25, 0.3) is 0 Å². The molecule has 2 atom stereocenters. The Morgan fingerprint density at radius 3 is 2.34 bits per heavy atom.